The molecule has 6 heteroatoms. The Balaban J connectivity index is 0.000000249. The monoisotopic (exact) mass is 203 g/mol. The maximum Gasteiger partial charge on any atom is 0.328 e. The lowest BCUT2D eigenvalue weighted by Gasteiger charge is -2.24. The summed E-state index contributed by atoms with van der Waals surface area (Å²) in [4.78, 5) is 19.1. The first-order valence-electron chi connectivity index (χ1n) is 4.04. The minimum atomic E-state index is -1.26. The summed E-state index contributed by atoms with van der Waals surface area (Å²) < 4.78 is 0. The number of carboxylic acid groups (broad SMARTS) is 2. The summed E-state index contributed by atoms with van der Waals surface area (Å²) in [5.41, 5.74) is 0. The van der Waals surface area contributed by atoms with Crippen LogP contribution in [0.15, 0.2) is 12.2 Å². The first-order chi connectivity index (χ1) is 6.56. The van der Waals surface area contributed by atoms with Crippen molar-refractivity contribution < 1.29 is 24.9 Å². The topological polar surface area (TPSA) is 107 Å². The normalized spacial score (nSPS) is 19.4. The van der Waals surface area contributed by atoms with Crippen molar-refractivity contribution in [1.82, 2.24) is 5.32 Å². The Morgan fingerprint density at radius 1 is 1.29 bits per heavy atom. The molecule has 1 rings (SSSR count). The van der Waals surface area contributed by atoms with Gasteiger partial charge in [-0.25, -0.2) is 9.59 Å². The molecular weight excluding hydrogens is 190 g/mol. The molecule has 1 aliphatic heterocycles. The van der Waals surface area contributed by atoms with Gasteiger partial charge in [0.2, 0.25) is 0 Å². The van der Waals surface area contributed by atoms with Crippen LogP contribution in [0.5, 0.6) is 0 Å². The van der Waals surface area contributed by atoms with E-state index in [0.717, 1.165) is 13.0 Å². The molecule has 0 aromatic heterocycles. The second-order valence-corrected chi connectivity index (χ2v) is 2.63. The van der Waals surface area contributed by atoms with E-state index in [1.54, 1.807) is 0 Å². The molecule has 14 heavy (non-hydrogen) atoms. The molecule has 0 radical (unpaired) electrons. The van der Waals surface area contributed by atoms with Crippen LogP contribution in [0.1, 0.15) is 6.42 Å². The summed E-state index contributed by atoms with van der Waals surface area (Å²) >= 11 is 0. The van der Waals surface area contributed by atoms with Gasteiger partial charge in [-0.2, -0.15) is 0 Å². The zero-order valence-corrected chi connectivity index (χ0v) is 7.51. The molecule has 0 bridgehead atoms. The first-order valence-corrected chi connectivity index (χ1v) is 4.04. The smallest absolute Gasteiger partial charge is 0.328 e. The van der Waals surface area contributed by atoms with Crippen LogP contribution in [0.2, 0.25) is 0 Å². The third kappa shape index (κ3) is 7.26. The molecule has 1 unspecified atom stereocenters. The fourth-order valence-corrected chi connectivity index (χ4v) is 0.647. The SMILES string of the molecule is O=C(O)C=CC(=O)O.OCC1CCN1. The van der Waals surface area contributed by atoms with Crippen LogP contribution in [-0.4, -0.2) is 46.5 Å². The van der Waals surface area contributed by atoms with Gasteiger partial charge in [0.05, 0.1) is 6.61 Å². The van der Waals surface area contributed by atoms with E-state index in [9.17, 15) is 9.59 Å². The lowest BCUT2D eigenvalue weighted by atomic mass is 10.1. The van der Waals surface area contributed by atoms with Gasteiger partial charge in [0, 0.05) is 18.2 Å². The highest BCUT2D eigenvalue weighted by Crippen LogP contribution is 1.97. The molecule has 0 aromatic rings. The van der Waals surface area contributed by atoms with Crippen molar-refractivity contribution in [3.05, 3.63) is 12.2 Å². The van der Waals surface area contributed by atoms with E-state index in [0.29, 0.717) is 24.8 Å². The molecule has 0 aromatic carbocycles. The molecular formula is C8H13NO5. The predicted octanol–water partition coefficient (Wildman–Crippen LogP) is -0.948. The maximum absolute atomic E-state index is 9.55. The van der Waals surface area contributed by atoms with Gasteiger partial charge in [-0.3, -0.25) is 0 Å². The number of aliphatic hydroxyl groups is 1. The number of hydrogen-bond donors (Lipinski definition) is 4. The van der Waals surface area contributed by atoms with E-state index >= 15 is 0 Å². The van der Waals surface area contributed by atoms with Crippen LogP contribution in [0.4, 0.5) is 0 Å². The summed E-state index contributed by atoms with van der Waals surface area (Å²) in [5, 5.41) is 27.0. The zero-order valence-electron chi connectivity index (χ0n) is 7.51. The van der Waals surface area contributed by atoms with Crippen molar-refractivity contribution in [3.8, 4) is 0 Å². The van der Waals surface area contributed by atoms with Crippen molar-refractivity contribution in [3.63, 3.8) is 0 Å². The first kappa shape index (κ1) is 12.6. The molecule has 80 valence electrons. The third-order valence-electron chi connectivity index (χ3n) is 1.51. The lowest BCUT2D eigenvalue weighted by Crippen LogP contribution is -2.45. The second-order valence-electron chi connectivity index (χ2n) is 2.63. The summed E-state index contributed by atoms with van der Waals surface area (Å²) in [6, 6.07) is 0.421. The number of carbonyl (C=O) groups is 2. The van der Waals surface area contributed by atoms with Gasteiger partial charge in [-0.05, 0) is 13.0 Å². The number of carboxylic acids is 2. The van der Waals surface area contributed by atoms with Gasteiger partial charge in [0.25, 0.3) is 0 Å². The average molecular weight is 203 g/mol. The van der Waals surface area contributed by atoms with Gasteiger partial charge < -0.3 is 20.6 Å². The minimum Gasteiger partial charge on any atom is -0.478 e. The van der Waals surface area contributed by atoms with Gasteiger partial charge in [-0.15, -0.1) is 0 Å². The summed E-state index contributed by atoms with van der Waals surface area (Å²) in [6.07, 6.45) is 2.27. The fourth-order valence-electron chi connectivity index (χ4n) is 0.647. The van der Waals surface area contributed by atoms with E-state index in [1.165, 1.54) is 0 Å². The summed E-state index contributed by atoms with van der Waals surface area (Å²) in [6.45, 7) is 1.39. The van der Waals surface area contributed by atoms with E-state index in [-0.39, 0.29) is 0 Å². The zero-order chi connectivity index (χ0) is 11.0. The molecule has 0 spiro atoms. The van der Waals surface area contributed by atoms with E-state index < -0.39 is 11.9 Å². The molecule has 0 amide bonds. The Morgan fingerprint density at radius 3 is 1.79 bits per heavy atom. The molecule has 6 nitrogen and oxygen atoms in total. The Bertz CT molecular complexity index is 203. The van der Waals surface area contributed by atoms with Crippen LogP contribution in [0, 0.1) is 0 Å². The molecule has 1 saturated heterocycles. The Kier molecular flexibility index (Phi) is 6.34. The van der Waals surface area contributed by atoms with Gasteiger partial charge in [-0.1, -0.05) is 0 Å². The number of nitrogens with one attached hydrogen (secondary N) is 1. The van der Waals surface area contributed by atoms with Crippen LogP contribution < -0.4 is 5.32 Å². The predicted molar refractivity (Wildman–Crippen MR) is 47.9 cm³/mol. The average Bonchev–Trinajstić information content (AvgIpc) is 2.00. The van der Waals surface area contributed by atoms with Gasteiger partial charge in [0.1, 0.15) is 0 Å². The molecule has 0 saturated carbocycles. The van der Waals surface area contributed by atoms with Crippen molar-refractivity contribution in [1.29, 1.82) is 0 Å². The highest BCUT2D eigenvalue weighted by molar-refractivity contribution is 5.89. The number of hydrogen-bond acceptors (Lipinski definition) is 4. The lowest BCUT2D eigenvalue weighted by molar-refractivity contribution is -0.134. The molecule has 0 aliphatic carbocycles. The standard InChI is InChI=1S/C4H9NO.C4H4O4/c6-3-4-1-2-5-4;5-3(6)1-2-4(7)8/h4-6H,1-3H2;1-2H,(H,5,6)(H,7,8). The van der Waals surface area contributed by atoms with E-state index in [1.807, 2.05) is 0 Å². The van der Waals surface area contributed by atoms with Crippen LogP contribution >= 0.6 is 0 Å². The van der Waals surface area contributed by atoms with Crippen molar-refractivity contribution in [2.75, 3.05) is 13.2 Å². The number of aliphatic hydroxyl groups excluding tert-OH is 1. The van der Waals surface area contributed by atoms with Crippen molar-refractivity contribution >= 4 is 11.9 Å². The van der Waals surface area contributed by atoms with Crippen LogP contribution in [-0.2, 0) is 9.59 Å². The maximum atomic E-state index is 9.55. The molecule has 1 aliphatic rings. The van der Waals surface area contributed by atoms with Crippen LogP contribution in [0.3, 0.4) is 0 Å². The van der Waals surface area contributed by atoms with Crippen LogP contribution in [0.25, 0.3) is 0 Å². The Morgan fingerprint density at radius 2 is 1.71 bits per heavy atom. The highest BCUT2D eigenvalue weighted by atomic mass is 16.4. The Hall–Kier alpha value is -1.40. The van der Waals surface area contributed by atoms with Crippen molar-refractivity contribution in [2.45, 2.75) is 12.5 Å². The molecule has 1 heterocycles. The summed E-state index contributed by atoms with van der Waals surface area (Å²) in [7, 11) is 0. The fraction of sp³-hybridized carbons (Fsp3) is 0.500. The largest absolute Gasteiger partial charge is 0.478 e. The van der Waals surface area contributed by atoms with Crippen molar-refractivity contribution in [2.24, 2.45) is 0 Å². The molecule has 1 fully saturated rings. The minimum absolute atomic E-state index is 0.306. The number of rotatable bonds is 3. The Labute approximate surface area is 80.9 Å². The second kappa shape index (κ2) is 7.05. The van der Waals surface area contributed by atoms with E-state index in [2.05, 4.69) is 5.32 Å². The molecule has 1 atom stereocenters. The summed E-state index contributed by atoms with van der Waals surface area (Å²) in [5.74, 6) is -2.51. The molecule has 4 N–H and O–H groups in total. The third-order valence-corrected chi connectivity index (χ3v) is 1.51. The highest BCUT2D eigenvalue weighted by Gasteiger charge is 2.13. The van der Waals surface area contributed by atoms with Gasteiger partial charge >= 0.3 is 11.9 Å². The van der Waals surface area contributed by atoms with Gasteiger partial charge in [0.15, 0.2) is 0 Å². The van der Waals surface area contributed by atoms with E-state index in [4.69, 9.17) is 15.3 Å². The number of aliphatic carboxylic acids is 2. The quantitative estimate of drug-likeness (QED) is 0.441.